The Labute approximate surface area is 177 Å². The molecule has 0 aromatic carbocycles. The van der Waals surface area contributed by atoms with Gasteiger partial charge in [-0.15, -0.1) is 0 Å². The van der Waals surface area contributed by atoms with E-state index in [0.717, 1.165) is 61.9 Å². The van der Waals surface area contributed by atoms with Crippen molar-refractivity contribution in [1.29, 1.82) is 0 Å². The molecule has 0 aliphatic heterocycles. The van der Waals surface area contributed by atoms with Gasteiger partial charge >= 0.3 is 0 Å². The molecule has 162 valence electrons. The van der Waals surface area contributed by atoms with E-state index >= 15 is 0 Å². The van der Waals surface area contributed by atoms with Crippen LogP contribution in [-0.4, -0.2) is 43.6 Å². The first-order valence-electron chi connectivity index (χ1n) is 11.0. The van der Waals surface area contributed by atoms with Crippen LogP contribution in [0.1, 0.15) is 75.2 Å². The number of imidazole rings is 1. The summed E-state index contributed by atoms with van der Waals surface area (Å²) in [4.78, 5) is 30.2. The minimum atomic E-state index is -0.711. The van der Waals surface area contributed by atoms with E-state index < -0.39 is 5.54 Å². The highest BCUT2D eigenvalue weighted by molar-refractivity contribution is 5.85. The highest BCUT2D eigenvalue weighted by atomic mass is 16.2. The lowest BCUT2D eigenvalue weighted by atomic mass is 9.85. The smallest absolute Gasteiger partial charge is 0.245 e. The van der Waals surface area contributed by atoms with Gasteiger partial charge in [0.25, 0.3) is 0 Å². The molecule has 2 aromatic rings. The van der Waals surface area contributed by atoms with Gasteiger partial charge < -0.3 is 15.2 Å². The van der Waals surface area contributed by atoms with E-state index in [0.29, 0.717) is 0 Å². The number of aromatic nitrogens is 4. The number of rotatable bonds is 5. The average Bonchev–Trinajstić information content (AvgIpc) is 3.37. The van der Waals surface area contributed by atoms with Crippen molar-refractivity contribution in [2.75, 3.05) is 0 Å². The highest BCUT2D eigenvalue weighted by Gasteiger charge is 2.34. The van der Waals surface area contributed by atoms with Crippen LogP contribution in [0.3, 0.4) is 0 Å². The molecule has 8 heteroatoms. The lowest BCUT2D eigenvalue weighted by molar-refractivity contribution is -0.129. The highest BCUT2D eigenvalue weighted by Crippen LogP contribution is 2.31. The molecule has 2 aromatic heterocycles. The Kier molecular flexibility index (Phi) is 5.66. The molecule has 0 bridgehead atoms. The van der Waals surface area contributed by atoms with Crippen molar-refractivity contribution >= 4 is 11.8 Å². The summed E-state index contributed by atoms with van der Waals surface area (Å²) in [7, 11) is 0. The van der Waals surface area contributed by atoms with Gasteiger partial charge in [0.05, 0.1) is 24.1 Å². The number of fused-ring (bicyclic) bond motifs is 1. The number of nitrogens with one attached hydrogen (secondary N) is 3. The third-order valence-electron chi connectivity index (χ3n) is 6.63. The molecule has 2 aliphatic carbocycles. The molecule has 2 aliphatic rings. The zero-order chi connectivity index (χ0) is 21.3. The zero-order valence-corrected chi connectivity index (χ0v) is 18.1. The van der Waals surface area contributed by atoms with Crippen molar-refractivity contribution in [1.82, 2.24) is 30.4 Å². The first-order chi connectivity index (χ1) is 14.3. The Bertz CT molecular complexity index is 914. The van der Waals surface area contributed by atoms with E-state index in [1.165, 1.54) is 0 Å². The largest absolute Gasteiger partial charge is 0.353 e. The fraction of sp³-hybridized carbons (Fsp3) is 0.636. The van der Waals surface area contributed by atoms with Gasteiger partial charge in [-0.2, -0.15) is 5.10 Å². The van der Waals surface area contributed by atoms with Crippen molar-refractivity contribution in [3.8, 4) is 0 Å². The molecule has 0 saturated heterocycles. The normalized spacial score (nSPS) is 24.2. The maximum absolute atomic E-state index is 13.0. The Hall–Kier alpha value is -2.64. The summed E-state index contributed by atoms with van der Waals surface area (Å²) in [6, 6.07) is 0.156. The summed E-state index contributed by atoms with van der Waals surface area (Å²) in [6.07, 6.45) is 11.8. The second kappa shape index (κ2) is 8.24. The van der Waals surface area contributed by atoms with Crippen LogP contribution in [0.2, 0.25) is 0 Å². The number of carbonyl (C=O) groups excluding carboxylic acids is 2. The molecule has 2 amide bonds. The van der Waals surface area contributed by atoms with Crippen LogP contribution in [0.4, 0.5) is 0 Å². The Morgan fingerprint density at radius 1 is 1.17 bits per heavy atom. The molecule has 1 saturated carbocycles. The minimum Gasteiger partial charge on any atom is -0.353 e. The number of aromatic amines is 1. The Morgan fingerprint density at radius 3 is 2.67 bits per heavy atom. The Morgan fingerprint density at radius 2 is 1.93 bits per heavy atom. The van der Waals surface area contributed by atoms with Crippen LogP contribution in [0, 0.1) is 6.92 Å². The predicted octanol–water partition coefficient (Wildman–Crippen LogP) is 2.31. The SMILES string of the molecule is Cc1cn(C(C)(C)C(=O)NC2CCCC(NC(=O)C3CCCc4[nH]ncc43)C2)cn1. The molecule has 4 rings (SSSR count). The van der Waals surface area contributed by atoms with Gasteiger partial charge in [-0.1, -0.05) is 0 Å². The van der Waals surface area contributed by atoms with Crippen molar-refractivity contribution < 1.29 is 9.59 Å². The molecule has 0 spiro atoms. The Balaban J connectivity index is 1.35. The van der Waals surface area contributed by atoms with Gasteiger partial charge in [-0.25, -0.2) is 4.98 Å². The van der Waals surface area contributed by atoms with Gasteiger partial charge in [-0.3, -0.25) is 14.7 Å². The van der Waals surface area contributed by atoms with Crippen LogP contribution in [0.5, 0.6) is 0 Å². The molecule has 3 unspecified atom stereocenters. The number of amides is 2. The van der Waals surface area contributed by atoms with Gasteiger partial charge in [-0.05, 0) is 65.7 Å². The number of aryl methyl sites for hydroxylation is 2. The van der Waals surface area contributed by atoms with Crippen molar-refractivity contribution in [2.24, 2.45) is 0 Å². The summed E-state index contributed by atoms with van der Waals surface area (Å²) < 4.78 is 1.85. The summed E-state index contributed by atoms with van der Waals surface area (Å²) in [5.74, 6) is -0.0541. The van der Waals surface area contributed by atoms with Crippen molar-refractivity contribution in [2.45, 2.75) is 89.3 Å². The molecular formula is C22H32N6O2. The quantitative estimate of drug-likeness (QED) is 0.701. The molecule has 1 fully saturated rings. The molecule has 8 nitrogen and oxygen atoms in total. The van der Waals surface area contributed by atoms with Crippen LogP contribution in [0.25, 0.3) is 0 Å². The molecular weight excluding hydrogens is 380 g/mol. The van der Waals surface area contributed by atoms with E-state index in [-0.39, 0.29) is 29.8 Å². The first-order valence-corrected chi connectivity index (χ1v) is 11.0. The molecule has 3 atom stereocenters. The molecule has 2 heterocycles. The maximum Gasteiger partial charge on any atom is 0.245 e. The first kappa shape index (κ1) is 20.6. The summed E-state index contributed by atoms with van der Waals surface area (Å²) in [5, 5.41) is 13.6. The maximum atomic E-state index is 13.0. The van der Waals surface area contributed by atoms with Crippen LogP contribution in [-0.2, 0) is 21.5 Å². The number of nitrogens with zero attached hydrogens (tertiary/aromatic N) is 3. The van der Waals surface area contributed by atoms with Crippen molar-refractivity contribution in [3.05, 3.63) is 35.7 Å². The van der Waals surface area contributed by atoms with E-state index in [4.69, 9.17) is 0 Å². The van der Waals surface area contributed by atoms with E-state index in [1.54, 1.807) is 12.5 Å². The summed E-state index contributed by atoms with van der Waals surface area (Å²) >= 11 is 0. The molecule has 3 N–H and O–H groups in total. The second-order valence-corrected chi connectivity index (χ2v) is 9.27. The number of hydrogen-bond acceptors (Lipinski definition) is 4. The van der Waals surface area contributed by atoms with Crippen LogP contribution >= 0.6 is 0 Å². The lowest BCUT2D eigenvalue weighted by Crippen LogP contribution is -2.51. The van der Waals surface area contributed by atoms with Gasteiger partial charge in [0.1, 0.15) is 5.54 Å². The third-order valence-corrected chi connectivity index (χ3v) is 6.63. The van der Waals surface area contributed by atoms with Crippen LogP contribution < -0.4 is 10.6 Å². The van der Waals surface area contributed by atoms with E-state index in [2.05, 4.69) is 25.8 Å². The topological polar surface area (TPSA) is 105 Å². The van der Waals surface area contributed by atoms with Crippen LogP contribution in [0.15, 0.2) is 18.7 Å². The lowest BCUT2D eigenvalue weighted by Gasteiger charge is -2.34. The molecule has 0 radical (unpaired) electrons. The second-order valence-electron chi connectivity index (χ2n) is 9.27. The summed E-state index contributed by atoms with van der Waals surface area (Å²) in [6.45, 7) is 5.71. The summed E-state index contributed by atoms with van der Waals surface area (Å²) in [5.41, 5.74) is 2.31. The number of H-pyrrole nitrogens is 1. The predicted molar refractivity (Wildman–Crippen MR) is 113 cm³/mol. The van der Waals surface area contributed by atoms with Crippen molar-refractivity contribution in [3.63, 3.8) is 0 Å². The fourth-order valence-corrected chi connectivity index (χ4v) is 4.69. The van der Waals surface area contributed by atoms with Gasteiger partial charge in [0.2, 0.25) is 11.8 Å². The fourth-order valence-electron chi connectivity index (χ4n) is 4.69. The average molecular weight is 413 g/mol. The molecule has 30 heavy (non-hydrogen) atoms. The number of hydrogen-bond donors (Lipinski definition) is 3. The third kappa shape index (κ3) is 4.13. The number of carbonyl (C=O) groups is 2. The van der Waals surface area contributed by atoms with Gasteiger partial charge in [0, 0.05) is 29.5 Å². The van der Waals surface area contributed by atoms with Gasteiger partial charge in [0.15, 0.2) is 0 Å². The minimum absolute atomic E-state index is 0.0211. The zero-order valence-electron chi connectivity index (χ0n) is 18.1. The van der Waals surface area contributed by atoms with E-state index in [1.807, 2.05) is 31.5 Å². The van der Waals surface area contributed by atoms with E-state index in [9.17, 15) is 9.59 Å². The monoisotopic (exact) mass is 412 g/mol. The standard InChI is InChI=1S/C22H32N6O2/c1-14-12-28(13-23-14)22(2,3)21(30)26-16-7-4-6-15(10-16)25-20(29)17-8-5-9-19-18(17)11-24-27-19/h11-13,15-17H,4-10H2,1-3H3,(H,24,27)(H,25,29)(H,26,30).